The lowest BCUT2D eigenvalue weighted by Gasteiger charge is -2.45. The second-order valence-electron chi connectivity index (χ2n) is 8.66. The van der Waals surface area contributed by atoms with E-state index in [1.807, 2.05) is 0 Å². The van der Waals surface area contributed by atoms with Crippen molar-refractivity contribution in [2.24, 2.45) is 0 Å². The van der Waals surface area contributed by atoms with E-state index in [0.29, 0.717) is 0 Å². The van der Waals surface area contributed by atoms with Crippen molar-refractivity contribution in [3.8, 4) is 11.1 Å². The Labute approximate surface area is 202 Å². The fourth-order valence-electron chi connectivity index (χ4n) is 5.97. The van der Waals surface area contributed by atoms with Crippen LogP contribution in [0.4, 0.5) is 17.1 Å². The average molecular weight is 486 g/mol. The monoisotopic (exact) mass is 485 g/mol. The number of halogens is 1. The summed E-state index contributed by atoms with van der Waals surface area (Å²) in [5, 5.41) is 0. The average Bonchev–Trinajstić information content (AvgIpc) is 3.17. The van der Waals surface area contributed by atoms with Gasteiger partial charge in [-0.15, -0.1) is 0 Å². The highest BCUT2D eigenvalue weighted by Gasteiger charge is 2.51. The first-order valence-electron chi connectivity index (χ1n) is 11.2. The van der Waals surface area contributed by atoms with Gasteiger partial charge in [0.15, 0.2) is 0 Å². The Morgan fingerprint density at radius 3 is 1.73 bits per heavy atom. The van der Waals surface area contributed by atoms with Crippen molar-refractivity contribution in [3.05, 3.63) is 148 Å². The molecule has 1 nitrogen and oxygen atoms in total. The van der Waals surface area contributed by atoms with E-state index in [2.05, 4.69) is 142 Å². The smallest absolute Gasteiger partial charge is 0.0754 e. The number of hydrogen-bond acceptors (Lipinski definition) is 1. The number of benzene rings is 5. The quantitative estimate of drug-likeness (QED) is 0.225. The number of fused-ring (bicyclic) bond motifs is 9. The molecular formula is C31H20BrN. The van der Waals surface area contributed by atoms with Crippen LogP contribution in [-0.2, 0) is 5.41 Å². The Bertz CT molecular complexity index is 1490. The molecule has 0 aromatic heterocycles. The largest absolute Gasteiger partial charge is 0.310 e. The molecule has 0 fully saturated rings. The first kappa shape index (κ1) is 18.9. The molecule has 0 radical (unpaired) electrons. The van der Waals surface area contributed by atoms with Crippen LogP contribution in [0.2, 0.25) is 0 Å². The summed E-state index contributed by atoms with van der Waals surface area (Å²) in [5.74, 6) is 0. The Hall–Kier alpha value is -3.62. The lowest BCUT2D eigenvalue weighted by molar-refractivity contribution is 0.752. The molecule has 0 saturated carbocycles. The van der Waals surface area contributed by atoms with Crippen molar-refractivity contribution in [2.75, 3.05) is 4.90 Å². The van der Waals surface area contributed by atoms with E-state index in [1.54, 1.807) is 0 Å². The Balaban J connectivity index is 1.68. The van der Waals surface area contributed by atoms with E-state index in [9.17, 15) is 0 Å². The van der Waals surface area contributed by atoms with Gasteiger partial charge < -0.3 is 4.90 Å². The molecule has 2 aliphatic rings. The van der Waals surface area contributed by atoms with Crippen molar-refractivity contribution in [1.82, 2.24) is 0 Å². The number of nitrogens with zero attached hydrogens (tertiary/aromatic N) is 1. The molecule has 0 N–H and O–H groups in total. The van der Waals surface area contributed by atoms with Crippen LogP contribution in [0.1, 0.15) is 22.3 Å². The molecule has 0 saturated heterocycles. The van der Waals surface area contributed by atoms with Crippen LogP contribution in [0.5, 0.6) is 0 Å². The molecule has 0 bridgehead atoms. The predicted molar refractivity (Wildman–Crippen MR) is 140 cm³/mol. The Kier molecular flexibility index (Phi) is 3.97. The van der Waals surface area contributed by atoms with Crippen LogP contribution in [0.3, 0.4) is 0 Å². The van der Waals surface area contributed by atoms with Gasteiger partial charge in [0.25, 0.3) is 0 Å². The minimum Gasteiger partial charge on any atom is -0.310 e. The topological polar surface area (TPSA) is 3.24 Å². The van der Waals surface area contributed by atoms with Gasteiger partial charge in [-0.2, -0.15) is 0 Å². The first-order chi connectivity index (χ1) is 16.3. The molecule has 1 heterocycles. The minimum atomic E-state index is -0.367. The highest BCUT2D eigenvalue weighted by Crippen LogP contribution is 2.63. The van der Waals surface area contributed by atoms with Crippen LogP contribution in [0, 0.1) is 0 Å². The van der Waals surface area contributed by atoms with Gasteiger partial charge in [0.1, 0.15) is 0 Å². The van der Waals surface area contributed by atoms with Crippen LogP contribution in [0.25, 0.3) is 11.1 Å². The molecule has 7 rings (SSSR count). The maximum atomic E-state index is 3.89. The third-order valence-corrected chi connectivity index (χ3v) is 7.79. The van der Waals surface area contributed by atoms with Gasteiger partial charge in [-0.05, 0) is 58.1 Å². The number of anilines is 3. The van der Waals surface area contributed by atoms with Crippen molar-refractivity contribution >= 4 is 33.0 Å². The fraction of sp³-hybridized carbons (Fsp3) is 0.0323. The third kappa shape index (κ3) is 2.37. The van der Waals surface area contributed by atoms with Crippen molar-refractivity contribution in [1.29, 1.82) is 0 Å². The highest BCUT2D eigenvalue weighted by molar-refractivity contribution is 9.10. The zero-order valence-electron chi connectivity index (χ0n) is 17.9. The van der Waals surface area contributed by atoms with Crippen LogP contribution in [-0.4, -0.2) is 0 Å². The summed E-state index contributed by atoms with van der Waals surface area (Å²) in [6.45, 7) is 0. The molecule has 5 aromatic rings. The van der Waals surface area contributed by atoms with E-state index < -0.39 is 0 Å². The Morgan fingerprint density at radius 2 is 1.03 bits per heavy atom. The summed E-state index contributed by atoms with van der Waals surface area (Å²) in [5.41, 5.74) is 11.2. The molecule has 1 spiro atoms. The molecule has 156 valence electrons. The predicted octanol–water partition coefficient (Wildman–Crippen LogP) is 8.60. The highest BCUT2D eigenvalue weighted by atomic mass is 79.9. The van der Waals surface area contributed by atoms with E-state index in [-0.39, 0.29) is 5.41 Å². The normalized spacial score (nSPS) is 14.4. The van der Waals surface area contributed by atoms with E-state index >= 15 is 0 Å². The van der Waals surface area contributed by atoms with Gasteiger partial charge in [-0.25, -0.2) is 0 Å². The molecule has 0 atom stereocenters. The van der Waals surface area contributed by atoms with Gasteiger partial charge in [0, 0.05) is 15.7 Å². The molecule has 33 heavy (non-hydrogen) atoms. The summed E-state index contributed by atoms with van der Waals surface area (Å²) in [6.07, 6.45) is 0. The second-order valence-corrected chi connectivity index (χ2v) is 9.52. The zero-order valence-corrected chi connectivity index (χ0v) is 19.5. The second kappa shape index (κ2) is 6.94. The molecule has 1 aliphatic carbocycles. The molecule has 0 unspecified atom stereocenters. The van der Waals surface area contributed by atoms with Crippen molar-refractivity contribution in [2.45, 2.75) is 5.41 Å². The standard InChI is InChI=1S/C31H20BrN/c32-27-18-10-17-26-30(27)22-13-4-5-14-23(22)31(26)24-15-6-8-19-28(24)33(21-11-2-1-3-12-21)29-20-9-7-16-25(29)31/h1-20H. The van der Waals surface area contributed by atoms with Crippen LogP contribution < -0.4 is 4.90 Å². The van der Waals surface area contributed by atoms with E-state index in [4.69, 9.17) is 0 Å². The number of rotatable bonds is 1. The van der Waals surface area contributed by atoms with Gasteiger partial charge in [-0.3, -0.25) is 0 Å². The third-order valence-electron chi connectivity index (χ3n) is 7.13. The lowest BCUT2D eigenvalue weighted by Crippen LogP contribution is -2.36. The van der Waals surface area contributed by atoms with E-state index in [1.165, 1.54) is 50.4 Å². The first-order valence-corrected chi connectivity index (χ1v) is 12.0. The minimum absolute atomic E-state index is 0.367. The molecule has 2 heteroatoms. The molecule has 0 amide bonds. The number of para-hydroxylation sites is 3. The maximum Gasteiger partial charge on any atom is 0.0754 e. The lowest BCUT2D eigenvalue weighted by atomic mass is 9.64. The fourth-order valence-corrected chi connectivity index (χ4v) is 6.55. The van der Waals surface area contributed by atoms with Crippen molar-refractivity contribution in [3.63, 3.8) is 0 Å². The summed E-state index contributed by atoms with van der Waals surface area (Å²) in [6, 6.07) is 44.0. The molecule has 5 aromatic carbocycles. The molecular weight excluding hydrogens is 466 g/mol. The van der Waals surface area contributed by atoms with Gasteiger partial charge in [0.05, 0.1) is 16.8 Å². The zero-order chi connectivity index (χ0) is 22.0. The van der Waals surface area contributed by atoms with Gasteiger partial charge in [-0.1, -0.05) is 107 Å². The summed E-state index contributed by atoms with van der Waals surface area (Å²) >= 11 is 3.89. The van der Waals surface area contributed by atoms with E-state index in [0.717, 1.165) is 4.47 Å². The SMILES string of the molecule is Brc1cccc2c1-c1ccccc1C21c2ccccc2N(c2ccccc2)c2ccccc21. The summed E-state index contributed by atoms with van der Waals surface area (Å²) in [4.78, 5) is 2.41. The summed E-state index contributed by atoms with van der Waals surface area (Å²) in [7, 11) is 0. The van der Waals surface area contributed by atoms with Crippen LogP contribution in [0.15, 0.2) is 126 Å². The number of hydrogen-bond donors (Lipinski definition) is 0. The van der Waals surface area contributed by atoms with Gasteiger partial charge >= 0.3 is 0 Å². The maximum absolute atomic E-state index is 3.89. The van der Waals surface area contributed by atoms with Crippen molar-refractivity contribution < 1.29 is 0 Å². The van der Waals surface area contributed by atoms with Crippen LogP contribution >= 0.6 is 15.9 Å². The Morgan fingerprint density at radius 1 is 0.485 bits per heavy atom. The summed E-state index contributed by atoms with van der Waals surface area (Å²) < 4.78 is 1.14. The van der Waals surface area contributed by atoms with Gasteiger partial charge in [0.2, 0.25) is 0 Å². The molecule has 1 aliphatic heterocycles.